The first-order valence-corrected chi connectivity index (χ1v) is 6.06. The minimum Gasteiger partial charge on any atom is -0.463 e. The lowest BCUT2D eigenvalue weighted by atomic mass is 10.1. The Bertz CT molecular complexity index is 497. The van der Waals surface area contributed by atoms with Crippen molar-refractivity contribution < 1.29 is 27.5 Å². The molecule has 1 aliphatic heterocycles. The van der Waals surface area contributed by atoms with E-state index in [0.717, 1.165) is 0 Å². The second-order valence-corrected chi connectivity index (χ2v) is 4.27. The molecule has 0 saturated carbocycles. The molecule has 1 amide bonds. The molecule has 0 spiro atoms. The van der Waals surface area contributed by atoms with Crippen molar-refractivity contribution in [3.8, 4) is 0 Å². The molecule has 0 aromatic rings. The van der Waals surface area contributed by atoms with Gasteiger partial charge in [0.15, 0.2) is 0 Å². The highest BCUT2D eigenvalue weighted by atomic mass is 19.4. The number of ether oxygens (including phenoxy) is 1. The summed E-state index contributed by atoms with van der Waals surface area (Å²) in [5.74, 6) is -2.46. The number of amides is 1. The average molecular weight is 306 g/mol. The zero-order valence-corrected chi connectivity index (χ0v) is 11.1. The van der Waals surface area contributed by atoms with E-state index in [1.54, 1.807) is 0 Å². The molecule has 0 aromatic carbocycles. The Balaban J connectivity index is 2.97. The van der Waals surface area contributed by atoms with Gasteiger partial charge in [0, 0.05) is 24.4 Å². The number of carbonyl (C=O) groups excluding carboxylic acids is 2. The predicted octanol–water partition coefficient (Wildman–Crippen LogP) is 2.15. The van der Waals surface area contributed by atoms with E-state index in [0.29, 0.717) is 4.90 Å². The lowest BCUT2D eigenvalue weighted by Gasteiger charge is -2.22. The smallest absolute Gasteiger partial charge is 0.431 e. The van der Waals surface area contributed by atoms with E-state index in [4.69, 9.17) is 5.53 Å². The summed E-state index contributed by atoms with van der Waals surface area (Å²) in [6, 6.07) is 0. The fourth-order valence-corrected chi connectivity index (χ4v) is 1.90. The normalized spacial score (nSPS) is 19.4. The van der Waals surface area contributed by atoms with Gasteiger partial charge in [0.25, 0.3) is 0 Å². The summed E-state index contributed by atoms with van der Waals surface area (Å²) >= 11 is 0. The van der Waals surface area contributed by atoms with Crippen LogP contribution in [0, 0.1) is 5.92 Å². The van der Waals surface area contributed by atoms with Crippen LogP contribution in [-0.2, 0) is 14.3 Å². The Morgan fingerprint density at radius 2 is 2.29 bits per heavy atom. The van der Waals surface area contributed by atoms with Crippen molar-refractivity contribution in [1.82, 2.24) is 4.90 Å². The first-order chi connectivity index (χ1) is 9.79. The molecule has 1 aliphatic rings. The zero-order chi connectivity index (χ0) is 16.0. The number of hydrogen-bond acceptors (Lipinski definition) is 4. The Kier molecular flexibility index (Phi) is 5.60. The molecule has 1 atom stereocenters. The summed E-state index contributed by atoms with van der Waals surface area (Å²) in [6.45, 7) is 1.04. The van der Waals surface area contributed by atoms with Crippen LogP contribution in [0.4, 0.5) is 13.2 Å². The Morgan fingerprint density at radius 1 is 1.62 bits per heavy atom. The summed E-state index contributed by atoms with van der Waals surface area (Å²) in [5.41, 5.74) is 6.82. The Morgan fingerprint density at radius 3 is 2.81 bits per heavy atom. The van der Waals surface area contributed by atoms with E-state index in [1.807, 2.05) is 0 Å². The van der Waals surface area contributed by atoms with Crippen molar-refractivity contribution in [3.05, 3.63) is 22.2 Å². The van der Waals surface area contributed by atoms with Gasteiger partial charge in [0.2, 0.25) is 5.91 Å². The van der Waals surface area contributed by atoms with E-state index in [9.17, 15) is 22.8 Å². The number of carbonyl (C=O) groups is 2. The molecule has 0 aliphatic carbocycles. The molecule has 10 heteroatoms. The molecule has 1 saturated heterocycles. The summed E-state index contributed by atoms with van der Waals surface area (Å²) < 4.78 is 43.4. The van der Waals surface area contributed by atoms with Crippen LogP contribution < -0.4 is 0 Å². The third-order valence-corrected chi connectivity index (χ3v) is 2.73. The number of nitrogens with zero attached hydrogens (tertiary/aromatic N) is 4. The molecule has 21 heavy (non-hydrogen) atoms. The van der Waals surface area contributed by atoms with Crippen LogP contribution in [0.3, 0.4) is 0 Å². The van der Waals surface area contributed by atoms with E-state index >= 15 is 0 Å². The van der Waals surface area contributed by atoms with E-state index in [-0.39, 0.29) is 32.2 Å². The highest BCUT2D eigenvalue weighted by Crippen LogP contribution is 2.33. The second kappa shape index (κ2) is 6.98. The van der Waals surface area contributed by atoms with Crippen LogP contribution in [0.25, 0.3) is 10.4 Å². The van der Waals surface area contributed by atoms with Crippen molar-refractivity contribution in [3.63, 3.8) is 0 Å². The maximum atomic E-state index is 13.0. The number of esters is 1. The standard InChI is InChI=1S/C11H13F3N4O3/c1-2-21-10(20)4-8(11(12,13)14)18-6-7(3-9(18)19)5-16-17-15/h4,7H,2-3,5-6H2,1H3. The number of allylic oxidation sites excluding steroid dienone is 1. The number of hydrogen-bond donors (Lipinski definition) is 0. The monoisotopic (exact) mass is 306 g/mol. The summed E-state index contributed by atoms with van der Waals surface area (Å²) in [4.78, 5) is 25.9. The maximum Gasteiger partial charge on any atom is 0.431 e. The van der Waals surface area contributed by atoms with Gasteiger partial charge in [-0.3, -0.25) is 4.79 Å². The van der Waals surface area contributed by atoms with Crippen LogP contribution in [0.15, 0.2) is 16.9 Å². The first-order valence-electron chi connectivity index (χ1n) is 6.06. The van der Waals surface area contributed by atoms with Gasteiger partial charge < -0.3 is 9.64 Å². The van der Waals surface area contributed by atoms with Gasteiger partial charge >= 0.3 is 12.1 Å². The number of likely N-dealkylation sites (tertiary alicyclic amines) is 1. The number of halogens is 3. The summed E-state index contributed by atoms with van der Waals surface area (Å²) in [6.07, 6.45) is -4.78. The third kappa shape index (κ3) is 4.67. The molecule has 0 bridgehead atoms. The SMILES string of the molecule is CCOC(=O)C=C(N1CC(CN=[N+]=[N-])CC1=O)C(F)(F)F. The lowest BCUT2D eigenvalue weighted by Crippen LogP contribution is -2.34. The van der Waals surface area contributed by atoms with Gasteiger partial charge in [0.05, 0.1) is 12.7 Å². The quantitative estimate of drug-likeness (QED) is 0.256. The molecule has 0 radical (unpaired) electrons. The van der Waals surface area contributed by atoms with Gasteiger partial charge in [-0.15, -0.1) is 0 Å². The van der Waals surface area contributed by atoms with Crippen LogP contribution >= 0.6 is 0 Å². The fraction of sp³-hybridized carbons (Fsp3) is 0.636. The van der Waals surface area contributed by atoms with E-state index < -0.39 is 29.7 Å². The van der Waals surface area contributed by atoms with Gasteiger partial charge in [-0.1, -0.05) is 5.11 Å². The molecule has 0 aromatic heterocycles. The summed E-state index contributed by atoms with van der Waals surface area (Å²) in [7, 11) is 0. The van der Waals surface area contributed by atoms with Crippen LogP contribution in [-0.4, -0.2) is 42.6 Å². The first kappa shape index (κ1) is 16.8. The minimum atomic E-state index is -4.87. The van der Waals surface area contributed by atoms with Gasteiger partial charge in [-0.2, -0.15) is 13.2 Å². The van der Waals surface area contributed by atoms with E-state index in [2.05, 4.69) is 14.8 Å². The molecule has 0 N–H and O–H groups in total. The molecule has 7 nitrogen and oxygen atoms in total. The minimum absolute atomic E-state index is 0.0755. The topological polar surface area (TPSA) is 95.4 Å². The van der Waals surface area contributed by atoms with Crippen LogP contribution in [0.1, 0.15) is 13.3 Å². The Labute approximate surface area is 118 Å². The third-order valence-electron chi connectivity index (χ3n) is 2.73. The number of azide groups is 1. The second-order valence-electron chi connectivity index (χ2n) is 4.27. The Hall–Kier alpha value is -2.22. The predicted molar refractivity (Wildman–Crippen MR) is 64.6 cm³/mol. The van der Waals surface area contributed by atoms with Crippen molar-refractivity contribution in [2.45, 2.75) is 19.5 Å². The fourth-order valence-electron chi connectivity index (χ4n) is 1.90. The van der Waals surface area contributed by atoms with Crippen molar-refractivity contribution in [1.29, 1.82) is 0 Å². The lowest BCUT2D eigenvalue weighted by molar-refractivity contribution is -0.142. The molecule has 1 heterocycles. The number of alkyl halides is 3. The van der Waals surface area contributed by atoms with Crippen molar-refractivity contribution in [2.75, 3.05) is 19.7 Å². The number of rotatable bonds is 5. The van der Waals surface area contributed by atoms with Gasteiger partial charge in [-0.05, 0) is 18.4 Å². The molecule has 1 unspecified atom stereocenters. The van der Waals surface area contributed by atoms with Gasteiger partial charge in [0.1, 0.15) is 5.70 Å². The van der Waals surface area contributed by atoms with Crippen molar-refractivity contribution >= 4 is 11.9 Å². The molecular weight excluding hydrogens is 293 g/mol. The van der Waals surface area contributed by atoms with Crippen LogP contribution in [0.5, 0.6) is 0 Å². The largest absolute Gasteiger partial charge is 0.463 e. The molecule has 116 valence electrons. The maximum absolute atomic E-state index is 13.0. The summed E-state index contributed by atoms with van der Waals surface area (Å²) in [5, 5.41) is 3.24. The van der Waals surface area contributed by atoms with Crippen LogP contribution in [0.2, 0.25) is 0 Å². The van der Waals surface area contributed by atoms with Gasteiger partial charge in [-0.25, -0.2) is 4.79 Å². The highest BCUT2D eigenvalue weighted by molar-refractivity contribution is 5.86. The molecular formula is C11H13F3N4O3. The molecule has 1 rings (SSSR count). The average Bonchev–Trinajstić information content (AvgIpc) is 2.73. The highest BCUT2D eigenvalue weighted by Gasteiger charge is 2.44. The van der Waals surface area contributed by atoms with E-state index in [1.165, 1.54) is 6.92 Å². The molecule has 1 fully saturated rings. The zero-order valence-electron chi connectivity index (χ0n) is 11.1. The van der Waals surface area contributed by atoms with Crippen molar-refractivity contribution in [2.24, 2.45) is 11.0 Å².